The number of amides is 3. The minimum absolute atomic E-state index is 0.00181. The molecule has 1 heterocycles. The van der Waals surface area contributed by atoms with Gasteiger partial charge in [0.25, 0.3) is 0 Å². The second kappa shape index (κ2) is 7.03. The van der Waals surface area contributed by atoms with E-state index in [1.165, 1.54) is 29.2 Å². The molecule has 2 atom stereocenters. The number of carbonyl (C=O) groups is 3. The highest BCUT2D eigenvalue weighted by atomic mass is 32.2. The van der Waals surface area contributed by atoms with Crippen molar-refractivity contribution >= 4 is 33.2 Å². The third-order valence-corrected chi connectivity index (χ3v) is 5.86. The van der Waals surface area contributed by atoms with Crippen LogP contribution in [0.25, 0.3) is 0 Å². The second-order valence-electron chi connectivity index (χ2n) is 6.58. The molecule has 8 heteroatoms. The molecule has 26 heavy (non-hydrogen) atoms. The van der Waals surface area contributed by atoms with Gasteiger partial charge in [0.15, 0.2) is 9.84 Å². The van der Waals surface area contributed by atoms with E-state index in [9.17, 15) is 22.8 Å². The molecule has 1 aliphatic heterocycles. The molecule has 0 bridgehead atoms. The lowest BCUT2D eigenvalue weighted by atomic mass is 9.85. The van der Waals surface area contributed by atoms with Crippen LogP contribution in [0.5, 0.6) is 0 Å². The number of fused-ring (bicyclic) bond motifs is 1. The summed E-state index contributed by atoms with van der Waals surface area (Å²) in [7, 11) is -3.29. The maximum atomic E-state index is 12.3. The molecule has 1 N–H and O–H groups in total. The summed E-state index contributed by atoms with van der Waals surface area (Å²) >= 11 is 0. The first-order chi connectivity index (χ1) is 12.3. The lowest BCUT2D eigenvalue weighted by Gasteiger charge is -2.14. The van der Waals surface area contributed by atoms with Gasteiger partial charge >= 0.3 is 0 Å². The van der Waals surface area contributed by atoms with Crippen molar-refractivity contribution in [3.05, 3.63) is 36.4 Å². The van der Waals surface area contributed by atoms with Gasteiger partial charge in [-0.05, 0) is 37.1 Å². The first-order valence-corrected chi connectivity index (χ1v) is 10.3. The number of allylic oxidation sites excluding steroid dienone is 2. The molecular weight excluding hydrogens is 356 g/mol. The van der Waals surface area contributed by atoms with Gasteiger partial charge in [0.1, 0.15) is 0 Å². The van der Waals surface area contributed by atoms with Gasteiger partial charge in [0.05, 0.1) is 16.7 Å². The highest BCUT2D eigenvalue weighted by molar-refractivity contribution is 7.90. The van der Waals surface area contributed by atoms with Crippen molar-refractivity contribution in [1.29, 1.82) is 0 Å². The molecule has 3 amide bonds. The molecule has 1 fully saturated rings. The smallest absolute Gasteiger partial charge is 0.233 e. The summed E-state index contributed by atoms with van der Waals surface area (Å²) in [5.74, 6) is -1.33. The Kier molecular flexibility index (Phi) is 4.95. The molecule has 7 nitrogen and oxygen atoms in total. The van der Waals surface area contributed by atoms with Gasteiger partial charge in [-0.3, -0.25) is 19.3 Å². The third-order valence-electron chi connectivity index (χ3n) is 4.73. The molecule has 3 rings (SSSR count). The minimum Gasteiger partial charge on any atom is -0.326 e. The Bertz CT molecular complexity index is 847. The monoisotopic (exact) mass is 376 g/mol. The Balaban J connectivity index is 1.56. The average molecular weight is 376 g/mol. The average Bonchev–Trinajstić information content (AvgIpc) is 2.84. The van der Waals surface area contributed by atoms with Crippen LogP contribution in [0.4, 0.5) is 5.69 Å². The fraction of sp³-hybridized carbons (Fsp3) is 0.389. The minimum atomic E-state index is -3.29. The van der Waals surface area contributed by atoms with Crippen molar-refractivity contribution in [2.24, 2.45) is 11.8 Å². The van der Waals surface area contributed by atoms with Crippen LogP contribution in [-0.4, -0.2) is 43.8 Å². The molecule has 0 unspecified atom stereocenters. The Morgan fingerprint density at radius 2 is 1.62 bits per heavy atom. The van der Waals surface area contributed by atoms with E-state index < -0.39 is 9.84 Å². The van der Waals surface area contributed by atoms with E-state index in [0.717, 1.165) is 6.26 Å². The second-order valence-corrected chi connectivity index (χ2v) is 8.59. The highest BCUT2D eigenvalue weighted by Crippen LogP contribution is 2.35. The molecule has 138 valence electrons. The van der Waals surface area contributed by atoms with Crippen molar-refractivity contribution in [1.82, 2.24) is 4.90 Å². The van der Waals surface area contributed by atoms with Gasteiger partial charge in [0, 0.05) is 24.9 Å². The molecule has 0 radical (unpaired) electrons. The number of hydrogen-bond acceptors (Lipinski definition) is 5. The summed E-state index contributed by atoms with van der Waals surface area (Å²) < 4.78 is 22.8. The summed E-state index contributed by atoms with van der Waals surface area (Å²) in [5, 5.41) is 2.64. The van der Waals surface area contributed by atoms with Crippen LogP contribution in [0, 0.1) is 11.8 Å². The van der Waals surface area contributed by atoms with Crippen LogP contribution < -0.4 is 5.32 Å². The van der Waals surface area contributed by atoms with Crippen LogP contribution in [0.2, 0.25) is 0 Å². The SMILES string of the molecule is CS(=O)(=O)c1ccc(NC(=O)CCN2C(=O)[C@H]3CC=CC[C@H]3C2=O)cc1. The largest absolute Gasteiger partial charge is 0.326 e. The number of hydrogen-bond donors (Lipinski definition) is 1. The maximum absolute atomic E-state index is 12.3. The van der Waals surface area contributed by atoms with E-state index in [0.29, 0.717) is 18.5 Å². The first kappa shape index (κ1) is 18.3. The molecule has 0 saturated carbocycles. The van der Waals surface area contributed by atoms with Crippen LogP contribution in [0.1, 0.15) is 19.3 Å². The predicted octanol–water partition coefficient (Wildman–Crippen LogP) is 1.37. The van der Waals surface area contributed by atoms with Crippen LogP contribution in [0.3, 0.4) is 0 Å². The van der Waals surface area contributed by atoms with Crippen molar-refractivity contribution < 1.29 is 22.8 Å². The lowest BCUT2D eigenvalue weighted by Crippen LogP contribution is -2.34. The highest BCUT2D eigenvalue weighted by Gasteiger charge is 2.46. The van der Waals surface area contributed by atoms with E-state index in [4.69, 9.17) is 0 Å². The normalized spacial score (nSPS) is 22.4. The molecule has 0 spiro atoms. The summed E-state index contributed by atoms with van der Waals surface area (Å²) in [6.45, 7) is 0.0535. The zero-order valence-electron chi connectivity index (χ0n) is 14.3. The summed E-state index contributed by atoms with van der Waals surface area (Å²) in [6.07, 6.45) is 6.09. The number of anilines is 1. The molecule has 1 aliphatic carbocycles. The van der Waals surface area contributed by atoms with E-state index in [1.807, 2.05) is 12.2 Å². The Morgan fingerprint density at radius 3 is 2.12 bits per heavy atom. The number of sulfone groups is 1. The fourth-order valence-corrected chi connectivity index (χ4v) is 3.94. The van der Waals surface area contributed by atoms with E-state index in [-0.39, 0.29) is 47.4 Å². The van der Waals surface area contributed by atoms with Gasteiger partial charge in [-0.25, -0.2) is 8.42 Å². The molecule has 1 saturated heterocycles. The number of nitrogens with one attached hydrogen (secondary N) is 1. The Morgan fingerprint density at radius 1 is 1.08 bits per heavy atom. The van der Waals surface area contributed by atoms with Gasteiger partial charge in [0.2, 0.25) is 17.7 Å². The molecule has 0 aromatic heterocycles. The quantitative estimate of drug-likeness (QED) is 0.618. The predicted molar refractivity (Wildman–Crippen MR) is 94.9 cm³/mol. The third kappa shape index (κ3) is 3.70. The summed E-state index contributed by atoms with van der Waals surface area (Å²) in [4.78, 5) is 38.1. The zero-order chi connectivity index (χ0) is 18.9. The van der Waals surface area contributed by atoms with Crippen molar-refractivity contribution in [2.75, 3.05) is 18.1 Å². The van der Waals surface area contributed by atoms with Crippen LogP contribution >= 0.6 is 0 Å². The van der Waals surface area contributed by atoms with E-state index in [2.05, 4.69) is 5.32 Å². The molecule has 1 aromatic carbocycles. The summed E-state index contributed by atoms with van der Waals surface area (Å²) in [6, 6.07) is 5.83. The standard InChI is InChI=1S/C18H20N2O5S/c1-26(24,25)13-8-6-12(7-9-13)19-16(21)10-11-20-17(22)14-4-2-3-5-15(14)18(20)23/h2-3,6-9,14-15H,4-5,10-11H2,1H3,(H,19,21)/t14-,15+. The number of rotatable bonds is 5. The Hall–Kier alpha value is -2.48. The van der Waals surface area contributed by atoms with Gasteiger partial charge in [-0.2, -0.15) is 0 Å². The van der Waals surface area contributed by atoms with Crippen LogP contribution in [0.15, 0.2) is 41.3 Å². The zero-order valence-corrected chi connectivity index (χ0v) is 15.2. The lowest BCUT2D eigenvalue weighted by molar-refractivity contribution is -0.140. The maximum Gasteiger partial charge on any atom is 0.233 e. The van der Waals surface area contributed by atoms with Crippen molar-refractivity contribution in [3.8, 4) is 0 Å². The number of carbonyl (C=O) groups excluding carboxylic acids is 3. The first-order valence-electron chi connectivity index (χ1n) is 8.37. The van der Waals surface area contributed by atoms with Gasteiger partial charge < -0.3 is 5.32 Å². The van der Waals surface area contributed by atoms with E-state index in [1.54, 1.807) is 0 Å². The van der Waals surface area contributed by atoms with Gasteiger partial charge in [-0.1, -0.05) is 12.2 Å². The Labute approximate surface area is 152 Å². The molecule has 1 aromatic rings. The van der Waals surface area contributed by atoms with E-state index >= 15 is 0 Å². The number of benzene rings is 1. The molecule has 2 aliphatic rings. The van der Waals surface area contributed by atoms with Crippen molar-refractivity contribution in [3.63, 3.8) is 0 Å². The molecular formula is C18H20N2O5S. The van der Waals surface area contributed by atoms with Gasteiger partial charge in [-0.15, -0.1) is 0 Å². The summed E-state index contributed by atoms with van der Waals surface area (Å²) in [5.41, 5.74) is 0.458. The number of likely N-dealkylation sites (tertiary alicyclic amines) is 1. The number of imide groups is 1. The fourth-order valence-electron chi connectivity index (χ4n) is 3.31. The van der Waals surface area contributed by atoms with Crippen LogP contribution in [-0.2, 0) is 24.2 Å². The topological polar surface area (TPSA) is 101 Å². The van der Waals surface area contributed by atoms with Crippen molar-refractivity contribution in [2.45, 2.75) is 24.2 Å². The number of nitrogens with zero attached hydrogens (tertiary/aromatic N) is 1.